The van der Waals surface area contributed by atoms with Crippen molar-refractivity contribution >= 4 is 34.9 Å². The minimum atomic E-state index is -5.08. The summed E-state index contributed by atoms with van der Waals surface area (Å²) in [6.45, 7) is 4.17. The van der Waals surface area contributed by atoms with Crippen molar-refractivity contribution in [2.24, 2.45) is 0 Å². The second-order valence-electron chi connectivity index (χ2n) is 7.69. The monoisotopic (exact) mass is 541 g/mol. The van der Waals surface area contributed by atoms with Crippen LogP contribution in [-0.4, -0.2) is 68.9 Å². The lowest BCUT2D eigenvalue weighted by molar-refractivity contribution is -0.193. The van der Waals surface area contributed by atoms with Crippen molar-refractivity contribution in [2.75, 3.05) is 11.4 Å². The SMILES string of the molecule is Cc1ccc(CN2CC[C@H]3[C@@H]2CC(=O)N3c2cccnc2)s1.O=C(O)C(F)(F)F.O=C(O)C(F)(F)F. The van der Waals surface area contributed by atoms with Crippen LogP contribution in [0.25, 0.3) is 0 Å². The summed E-state index contributed by atoms with van der Waals surface area (Å²) >= 11 is 1.86. The molecule has 0 aromatic carbocycles. The Balaban J connectivity index is 0.000000271. The summed E-state index contributed by atoms with van der Waals surface area (Å²) in [5.74, 6) is -5.28. The lowest BCUT2D eigenvalue weighted by atomic mass is 10.1. The number of hydrogen-bond donors (Lipinski definition) is 2. The van der Waals surface area contributed by atoms with Crippen LogP contribution < -0.4 is 4.90 Å². The molecule has 0 aliphatic carbocycles. The number of carboxylic acids is 2. The third-order valence-corrected chi connectivity index (χ3v) is 6.16. The van der Waals surface area contributed by atoms with E-state index in [0.29, 0.717) is 18.5 Å². The number of likely N-dealkylation sites (tertiary alicyclic amines) is 1. The molecule has 4 rings (SSSR count). The molecule has 4 heterocycles. The van der Waals surface area contributed by atoms with E-state index in [1.54, 1.807) is 12.4 Å². The van der Waals surface area contributed by atoms with Gasteiger partial charge in [0.15, 0.2) is 0 Å². The van der Waals surface area contributed by atoms with Gasteiger partial charge in [-0.25, -0.2) is 9.59 Å². The molecule has 0 saturated carbocycles. The number of aliphatic carboxylic acids is 2. The number of carboxylic acid groups (broad SMARTS) is 2. The van der Waals surface area contributed by atoms with Crippen molar-refractivity contribution in [3.63, 3.8) is 0 Å². The zero-order valence-corrected chi connectivity index (χ0v) is 19.4. The third kappa shape index (κ3) is 7.91. The molecule has 2 aromatic heterocycles. The van der Waals surface area contributed by atoms with Gasteiger partial charge in [-0.15, -0.1) is 11.3 Å². The molecular weight excluding hydrogens is 520 g/mol. The van der Waals surface area contributed by atoms with Crippen molar-refractivity contribution < 1.29 is 50.9 Å². The van der Waals surface area contributed by atoms with E-state index in [0.717, 1.165) is 25.2 Å². The molecule has 198 valence electrons. The smallest absolute Gasteiger partial charge is 0.475 e. The molecule has 8 nitrogen and oxygen atoms in total. The Morgan fingerprint density at radius 1 is 1.06 bits per heavy atom. The number of rotatable bonds is 3. The van der Waals surface area contributed by atoms with E-state index in [2.05, 4.69) is 28.9 Å². The lowest BCUT2D eigenvalue weighted by Gasteiger charge is -2.25. The van der Waals surface area contributed by atoms with Gasteiger partial charge in [-0.2, -0.15) is 26.3 Å². The number of nitrogens with zero attached hydrogens (tertiary/aromatic N) is 3. The second kappa shape index (κ2) is 11.7. The van der Waals surface area contributed by atoms with Crippen molar-refractivity contribution in [2.45, 2.75) is 50.7 Å². The topological polar surface area (TPSA) is 111 Å². The van der Waals surface area contributed by atoms with Crippen LogP contribution in [0, 0.1) is 6.92 Å². The normalized spacial score (nSPS) is 19.6. The fourth-order valence-corrected chi connectivity index (χ4v) is 4.64. The van der Waals surface area contributed by atoms with E-state index in [-0.39, 0.29) is 5.91 Å². The molecule has 2 saturated heterocycles. The molecular formula is C21H21F6N3O5S. The quantitative estimate of drug-likeness (QED) is 0.563. The highest BCUT2D eigenvalue weighted by molar-refractivity contribution is 7.11. The zero-order valence-electron chi connectivity index (χ0n) is 18.6. The fraction of sp³-hybridized carbons (Fsp3) is 0.429. The van der Waals surface area contributed by atoms with E-state index in [1.165, 1.54) is 9.75 Å². The van der Waals surface area contributed by atoms with Crippen molar-refractivity contribution in [1.82, 2.24) is 9.88 Å². The van der Waals surface area contributed by atoms with Gasteiger partial charge in [0.1, 0.15) is 0 Å². The Hall–Kier alpha value is -3.20. The molecule has 1 amide bonds. The number of aryl methyl sites for hydroxylation is 1. The minimum absolute atomic E-state index is 0.232. The number of thiophene rings is 1. The largest absolute Gasteiger partial charge is 0.490 e. The van der Waals surface area contributed by atoms with E-state index in [9.17, 15) is 31.1 Å². The number of pyridine rings is 1. The van der Waals surface area contributed by atoms with Gasteiger partial charge in [0.25, 0.3) is 0 Å². The van der Waals surface area contributed by atoms with Crippen LogP contribution in [-0.2, 0) is 20.9 Å². The number of fused-ring (bicyclic) bond motifs is 1. The molecule has 2 fully saturated rings. The minimum Gasteiger partial charge on any atom is -0.475 e. The first-order chi connectivity index (χ1) is 16.6. The van der Waals surface area contributed by atoms with Gasteiger partial charge in [0.2, 0.25) is 5.91 Å². The van der Waals surface area contributed by atoms with Gasteiger partial charge < -0.3 is 15.1 Å². The summed E-state index contributed by atoms with van der Waals surface area (Å²) in [5, 5.41) is 14.2. The van der Waals surface area contributed by atoms with Crippen LogP contribution in [0.15, 0.2) is 36.7 Å². The standard InChI is InChI=1S/C17H19N3OS.2C2HF3O2/c1-12-4-5-14(22-12)11-19-8-6-15-16(19)9-17(21)20(15)13-3-2-7-18-10-13;2*3-2(4,5)1(6)7/h2-5,7,10,15-16H,6,8-9,11H2,1H3;2*(H,6,7)/t15-,16-;;/m0../s1. The van der Waals surface area contributed by atoms with Crippen molar-refractivity contribution in [3.05, 3.63) is 46.4 Å². The first kappa shape index (κ1) is 29.0. The Bertz CT molecular complexity index is 1040. The summed E-state index contributed by atoms with van der Waals surface area (Å²) < 4.78 is 63.5. The molecule has 0 bridgehead atoms. The number of carbonyl (C=O) groups excluding carboxylic acids is 1. The first-order valence-electron chi connectivity index (χ1n) is 10.2. The number of carbonyl (C=O) groups is 3. The van der Waals surface area contributed by atoms with Crippen LogP contribution in [0.4, 0.5) is 32.0 Å². The van der Waals surface area contributed by atoms with Crippen molar-refractivity contribution in [3.8, 4) is 0 Å². The summed E-state index contributed by atoms with van der Waals surface area (Å²) in [4.78, 5) is 41.6. The summed E-state index contributed by atoms with van der Waals surface area (Å²) in [6, 6.07) is 8.92. The fourth-order valence-electron chi connectivity index (χ4n) is 3.73. The molecule has 0 unspecified atom stereocenters. The predicted molar refractivity (Wildman–Crippen MR) is 115 cm³/mol. The average Bonchev–Trinajstić information content (AvgIpc) is 3.44. The van der Waals surface area contributed by atoms with Gasteiger partial charge in [0.05, 0.1) is 17.9 Å². The molecule has 2 atom stereocenters. The van der Waals surface area contributed by atoms with Crippen LogP contribution in [0.5, 0.6) is 0 Å². The Kier molecular flexibility index (Phi) is 9.43. The number of halogens is 6. The molecule has 0 radical (unpaired) electrons. The van der Waals surface area contributed by atoms with Gasteiger partial charge in [-0.05, 0) is 37.6 Å². The summed E-state index contributed by atoms with van der Waals surface area (Å²) in [6.07, 6.45) is -4.94. The molecule has 2 aliphatic rings. The van der Waals surface area contributed by atoms with E-state index in [4.69, 9.17) is 19.8 Å². The Labute approximate surface area is 204 Å². The Morgan fingerprint density at radius 3 is 2.08 bits per heavy atom. The van der Waals surface area contributed by atoms with Crippen LogP contribution in [0.1, 0.15) is 22.6 Å². The lowest BCUT2D eigenvalue weighted by Crippen LogP contribution is -2.37. The predicted octanol–water partition coefficient (Wildman–Crippen LogP) is 4.10. The highest BCUT2D eigenvalue weighted by atomic mass is 32.1. The van der Waals surface area contributed by atoms with E-state index < -0.39 is 24.3 Å². The summed E-state index contributed by atoms with van der Waals surface area (Å²) in [7, 11) is 0. The van der Waals surface area contributed by atoms with Crippen LogP contribution in [0.3, 0.4) is 0 Å². The number of alkyl halides is 6. The van der Waals surface area contributed by atoms with E-state index >= 15 is 0 Å². The molecule has 0 spiro atoms. The molecule has 2 aromatic rings. The first-order valence-corrected chi connectivity index (χ1v) is 11.0. The third-order valence-electron chi connectivity index (χ3n) is 5.17. The maximum atomic E-state index is 12.5. The van der Waals surface area contributed by atoms with Gasteiger partial charge in [-0.3, -0.25) is 14.7 Å². The number of amides is 1. The second-order valence-corrected chi connectivity index (χ2v) is 9.06. The van der Waals surface area contributed by atoms with Gasteiger partial charge >= 0.3 is 24.3 Å². The van der Waals surface area contributed by atoms with Gasteiger partial charge in [0, 0.05) is 41.5 Å². The van der Waals surface area contributed by atoms with Crippen molar-refractivity contribution in [1.29, 1.82) is 0 Å². The number of aromatic nitrogens is 1. The molecule has 2 aliphatic heterocycles. The highest BCUT2D eigenvalue weighted by Crippen LogP contribution is 2.36. The van der Waals surface area contributed by atoms with E-state index in [1.807, 2.05) is 28.4 Å². The molecule has 36 heavy (non-hydrogen) atoms. The highest BCUT2D eigenvalue weighted by Gasteiger charge is 2.47. The van der Waals surface area contributed by atoms with Crippen LogP contribution >= 0.6 is 11.3 Å². The maximum Gasteiger partial charge on any atom is 0.490 e. The van der Waals surface area contributed by atoms with Gasteiger partial charge in [-0.1, -0.05) is 0 Å². The Morgan fingerprint density at radius 2 is 1.64 bits per heavy atom. The zero-order chi connectivity index (χ0) is 27.3. The molecule has 2 N–H and O–H groups in total. The van der Waals surface area contributed by atoms with Crippen LogP contribution in [0.2, 0.25) is 0 Å². The molecule has 15 heteroatoms. The maximum absolute atomic E-state index is 12.5. The number of hydrogen-bond acceptors (Lipinski definition) is 6. The summed E-state index contributed by atoms with van der Waals surface area (Å²) in [5.41, 5.74) is 0.939. The number of anilines is 1. The average molecular weight is 541 g/mol.